The van der Waals surface area contributed by atoms with Gasteiger partial charge in [-0.1, -0.05) is 23.7 Å². The summed E-state index contributed by atoms with van der Waals surface area (Å²) in [5.41, 5.74) is 6.57. The Bertz CT molecular complexity index is 500. The van der Waals surface area contributed by atoms with E-state index in [1.54, 1.807) is 24.4 Å². The van der Waals surface area contributed by atoms with Crippen molar-refractivity contribution < 1.29 is 4.39 Å². The maximum Gasteiger partial charge on any atom is 0.153 e. The number of pyridine rings is 1. The fourth-order valence-electron chi connectivity index (χ4n) is 1.35. The molecule has 0 aliphatic heterocycles. The fraction of sp³-hybridized carbons (Fsp3) is 0. The van der Waals surface area contributed by atoms with Gasteiger partial charge >= 0.3 is 0 Å². The van der Waals surface area contributed by atoms with E-state index in [1.807, 2.05) is 0 Å². The lowest BCUT2D eigenvalue weighted by Gasteiger charge is -2.06. The second kappa shape index (κ2) is 3.87. The van der Waals surface area contributed by atoms with Crippen LogP contribution in [-0.4, -0.2) is 4.98 Å². The quantitative estimate of drug-likeness (QED) is 0.753. The first-order chi connectivity index (χ1) is 7.20. The average molecular weight is 223 g/mol. The number of anilines is 1. The number of hydrogen-bond donors (Lipinski definition) is 1. The summed E-state index contributed by atoms with van der Waals surface area (Å²) in [6, 6.07) is 6.48. The largest absolute Gasteiger partial charge is 0.396 e. The third kappa shape index (κ3) is 1.78. The van der Waals surface area contributed by atoms with Gasteiger partial charge in [-0.15, -0.1) is 0 Å². The summed E-state index contributed by atoms with van der Waals surface area (Å²) in [6.07, 6.45) is 3.03. The Balaban J connectivity index is 2.65. The van der Waals surface area contributed by atoms with E-state index in [2.05, 4.69) is 4.98 Å². The van der Waals surface area contributed by atoms with Crippen LogP contribution in [0.5, 0.6) is 0 Å². The Morgan fingerprint density at radius 1 is 1.20 bits per heavy atom. The lowest BCUT2D eigenvalue weighted by molar-refractivity contribution is 0.636. The molecule has 0 aliphatic carbocycles. The highest BCUT2D eigenvalue weighted by molar-refractivity contribution is 6.33. The van der Waals surface area contributed by atoms with E-state index in [9.17, 15) is 4.39 Å². The SMILES string of the molecule is Nc1cccc(-c2ccncc2Cl)c1F. The molecule has 0 amide bonds. The number of hydrogen-bond acceptors (Lipinski definition) is 2. The first-order valence-corrected chi connectivity index (χ1v) is 4.72. The smallest absolute Gasteiger partial charge is 0.153 e. The third-order valence-corrected chi connectivity index (χ3v) is 2.39. The topological polar surface area (TPSA) is 38.9 Å². The van der Waals surface area contributed by atoms with Gasteiger partial charge in [0.2, 0.25) is 0 Å². The van der Waals surface area contributed by atoms with Crippen LogP contribution in [-0.2, 0) is 0 Å². The predicted octanol–water partition coefficient (Wildman–Crippen LogP) is 3.12. The molecule has 1 aromatic heterocycles. The number of rotatable bonds is 1. The van der Waals surface area contributed by atoms with Gasteiger partial charge in [0, 0.05) is 23.5 Å². The predicted molar refractivity (Wildman–Crippen MR) is 59.1 cm³/mol. The van der Waals surface area contributed by atoms with Crippen LogP contribution in [0.1, 0.15) is 0 Å². The maximum absolute atomic E-state index is 13.7. The van der Waals surface area contributed by atoms with Gasteiger partial charge in [0.25, 0.3) is 0 Å². The summed E-state index contributed by atoms with van der Waals surface area (Å²) in [4.78, 5) is 3.84. The van der Waals surface area contributed by atoms with E-state index < -0.39 is 5.82 Å². The molecule has 2 aromatic rings. The van der Waals surface area contributed by atoms with Gasteiger partial charge in [-0.25, -0.2) is 4.39 Å². The summed E-state index contributed by atoms with van der Waals surface area (Å²) in [5.74, 6) is -0.453. The number of benzene rings is 1. The zero-order valence-electron chi connectivity index (χ0n) is 7.74. The van der Waals surface area contributed by atoms with Gasteiger partial charge in [0.15, 0.2) is 5.82 Å². The Morgan fingerprint density at radius 2 is 2.00 bits per heavy atom. The Morgan fingerprint density at radius 3 is 2.73 bits per heavy atom. The van der Waals surface area contributed by atoms with Gasteiger partial charge in [-0.3, -0.25) is 4.98 Å². The van der Waals surface area contributed by atoms with E-state index in [0.29, 0.717) is 16.1 Å². The van der Waals surface area contributed by atoms with Crippen LogP contribution in [0.2, 0.25) is 5.02 Å². The van der Waals surface area contributed by atoms with Crippen LogP contribution in [0.3, 0.4) is 0 Å². The van der Waals surface area contributed by atoms with E-state index in [1.165, 1.54) is 12.3 Å². The minimum Gasteiger partial charge on any atom is -0.396 e. The minimum absolute atomic E-state index is 0.111. The van der Waals surface area contributed by atoms with Crippen molar-refractivity contribution in [2.75, 3.05) is 5.73 Å². The molecule has 76 valence electrons. The van der Waals surface area contributed by atoms with Crippen molar-refractivity contribution in [3.05, 3.63) is 47.5 Å². The Hall–Kier alpha value is -1.61. The summed E-state index contributed by atoms with van der Waals surface area (Å²) in [5, 5.41) is 0.405. The molecule has 2 N–H and O–H groups in total. The number of nitrogens with zero attached hydrogens (tertiary/aromatic N) is 1. The van der Waals surface area contributed by atoms with Gasteiger partial charge in [-0.05, 0) is 12.1 Å². The highest BCUT2D eigenvalue weighted by Crippen LogP contribution is 2.30. The van der Waals surface area contributed by atoms with Crippen molar-refractivity contribution in [1.82, 2.24) is 4.98 Å². The fourth-order valence-corrected chi connectivity index (χ4v) is 1.57. The van der Waals surface area contributed by atoms with Crippen LogP contribution in [0.4, 0.5) is 10.1 Å². The van der Waals surface area contributed by atoms with Crippen molar-refractivity contribution in [2.45, 2.75) is 0 Å². The highest BCUT2D eigenvalue weighted by atomic mass is 35.5. The highest BCUT2D eigenvalue weighted by Gasteiger charge is 2.10. The van der Waals surface area contributed by atoms with Gasteiger partial charge in [-0.2, -0.15) is 0 Å². The molecule has 4 heteroatoms. The summed E-state index contributed by atoms with van der Waals surface area (Å²) >= 11 is 5.91. The molecule has 2 rings (SSSR count). The van der Waals surface area contributed by atoms with Crippen molar-refractivity contribution in [2.24, 2.45) is 0 Å². The molecule has 2 nitrogen and oxygen atoms in total. The normalized spacial score (nSPS) is 10.3. The van der Waals surface area contributed by atoms with Crippen LogP contribution in [0, 0.1) is 5.82 Å². The number of nitrogen functional groups attached to an aromatic ring is 1. The molecule has 15 heavy (non-hydrogen) atoms. The lowest BCUT2D eigenvalue weighted by Crippen LogP contribution is -1.93. The molecule has 0 saturated heterocycles. The summed E-state index contributed by atoms with van der Waals surface area (Å²) < 4.78 is 13.7. The average Bonchev–Trinajstić information content (AvgIpc) is 2.23. The number of halogens is 2. The van der Waals surface area contributed by atoms with E-state index in [-0.39, 0.29) is 5.69 Å². The lowest BCUT2D eigenvalue weighted by atomic mass is 10.1. The minimum atomic E-state index is -0.453. The van der Waals surface area contributed by atoms with Crippen LogP contribution in [0.15, 0.2) is 36.7 Å². The summed E-state index contributed by atoms with van der Waals surface area (Å²) in [7, 11) is 0. The van der Waals surface area contributed by atoms with Crippen molar-refractivity contribution in [1.29, 1.82) is 0 Å². The van der Waals surface area contributed by atoms with Crippen LogP contribution in [0.25, 0.3) is 11.1 Å². The molecular weight excluding hydrogens is 215 g/mol. The second-order valence-corrected chi connectivity index (χ2v) is 3.47. The molecule has 0 unspecified atom stereocenters. The zero-order chi connectivity index (χ0) is 10.8. The molecule has 0 radical (unpaired) electrons. The molecular formula is C11H8ClFN2. The van der Waals surface area contributed by atoms with Crippen molar-refractivity contribution in [3.63, 3.8) is 0 Å². The van der Waals surface area contributed by atoms with E-state index >= 15 is 0 Å². The monoisotopic (exact) mass is 222 g/mol. The molecule has 0 saturated carbocycles. The molecule has 0 fully saturated rings. The van der Waals surface area contributed by atoms with Crippen LogP contribution < -0.4 is 5.73 Å². The van der Waals surface area contributed by atoms with Crippen molar-refractivity contribution >= 4 is 17.3 Å². The van der Waals surface area contributed by atoms with Gasteiger partial charge in [0.1, 0.15) is 0 Å². The van der Waals surface area contributed by atoms with Gasteiger partial charge < -0.3 is 5.73 Å². The Labute approximate surface area is 91.5 Å². The first-order valence-electron chi connectivity index (χ1n) is 4.34. The molecule has 1 heterocycles. The number of nitrogens with two attached hydrogens (primary N) is 1. The molecule has 0 atom stereocenters. The standard InChI is InChI=1S/C11H8ClFN2/c12-9-6-15-5-4-7(9)8-2-1-3-10(14)11(8)13/h1-6H,14H2. The van der Waals surface area contributed by atoms with E-state index in [0.717, 1.165) is 0 Å². The summed E-state index contributed by atoms with van der Waals surface area (Å²) in [6.45, 7) is 0. The second-order valence-electron chi connectivity index (χ2n) is 3.06. The van der Waals surface area contributed by atoms with E-state index in [4.69, 9.17) is 17.3 Å². The van der Waals surface area contributed by atoms with Crippen molar-refractivity contribution in [3.8, 4) is 11.1 Å². The molecule has 0 bridgehead atoms. The number of aromatic nitrogens is 1. The molecule has 0 spiro atoms. The molecule has 1 aromatic carbocycles. The first kappa shape index (κ1) is 9.93. The Kier molecular flexibility index (Phi) is 2.56. The van der Waals surface area contributed by atoms with Gasteiger partial charge in [0.05, 0.1) is 10.7 Å². The molecule has 0 aliphatic rings. The third-order valence-electron chi connectivity index (χ3n) is 2.09. The maximum atomic E-state index is 13.7. The van der Waals surface area contributed by atoms with Crippen LogP contribution >= 0.6 is 11.6 Å². The zero-order valence-corrected chi connectivity index (χ0v) is 8.50.